The first-order chi connectivity index (χ1) is 10.2. The van der Waals surface area contributed by atoms with Crippen molar-refractivity contribution in [2.45, 2.75) is 13.3 Å². The van der Waals surface area contributed by atoms with Crippen molar-refractivity contribution < 1.29 is 14.6 Å². The molecule has 0 atom stereocenters. The SMILES string of the molecule is CCN(CCO)C(=O)COCCc1ccc2sccc2c1. The van der Waals surface area contributed by atoms with Crippen molar-refractivity contribution >= 4 is 27.3 Å². The lowest BCUT2D eigenvalue weighted by molar-refractivity contribution is -0.136. The fraction of sp³-hybridized carbons (Fsp3) is 0.438. The normalized spacial score (nSPS) is 11.0. The molecule has 1 heterocycles. The van der Waals surface area contributed by atoms with Crippen LogP contribution in [0.15, 0.2) is 29.6 Å². The molecule has 1 aromatic heterocycles. The second kappa shape index (κ2) is 8.12. The van der Waals surface area contributed by atoms with Crippen LogP contribution in [0.3, 0.4) is 0 Å². The lowest BCUT2D eigenvalue weighted by Gasteiger charge is -2.19. The van der Waals surface area contributed by atoms with Crippen LogP contribution < -0.4 is 0 Å². The second-order valence-corrected chi connectivity index (χ2v) is 5.74. The number of carbonyl (C=O) groups is 1. The van der Waals surface area contributed by atoms with E-state index in [0.29, 0.717) is 19.7 Å². The van der Waals surface area contributed by atoms with Gasteiger partial charge >= 0.3 is 0 Å². The van der Waals surface area contributed by atoms with E-state index in [2.05, 4.69) is 29.6 Å². The van der Waals surface area contributed by atoms with Crippen molar-refractivity contribution in [2.75, 3.05) is 32.9 Å². The van der Waals surface area contributed by atoms with Gasteiger partial charge in [0, 0.05) is 17.8 Å². The average Bonchev–Trinajstić information content (AvgIpc) is 2.96. The van der Waals surface area contributed by atoms with Crippen molar-refractivity contribution in [2.24, 2.45) is 0 Å². The summed E-state index contributed by atoms with van der Waals surface area (Å²) in [4.78, 5) is 13.4. The Balaban J connectivity index is 1.75. The predicted molar refractivity (Wildman–Crippen MR) is 85.7 cm³/mol. The summed E-state index contributed by atoms with van der Waals surface area (Å²) >= 11 is 1.74. The number of benzene rings is 1. The number of aliphatic hydroxyl groups excluding tert-OH is 1. The smallest absolute Gasteiger partial charge is 0.248 e. The molecule has 2 rings (SSSR count). The van der Waals surface area contributed by atoms with Crippen molar-refractivity contribution in [3.05, 3.63) is 35.2 Å². The Morgan fingerprint density at radius 1 is 1.38 bits per heavy atom. The molecule has 0 fully saturated rings. The Kier molecular flexibility index (Phi) is 6.17. The summed E-state index contributed by atoms with van der Waals surface area (Å²) in [5, 5.41) is 12.2. The van der Waals surface area contributed by atoms with Crippen molar-refractivity contribution in [3.8, 4) is 0 Å². The maximum atomic E-state index is 11.8. The third-order valence-electron chi connectivity index (χ3n) is 3.38. The van der Waals surface area contributed by atoms with Crippen LogP contribution in [0.1, 0.15) is 12.5 Å². The van der Waals surface area contributed by atoms with Crippen LogP contribution in [-0.2, 0) is 16.0 Å². The third-order valence-corrected chi connectivity index (χ3v) is 4.28. The summed E-state index contributed by atoms with van der Waals surface area (Å²) in [6.45, 7) is 3.45. The van der Waals surface area contributed by atoms with Crippen LogP contribution in [0.25, 0.3) is 10.1 Å². The Labute approximate surface area is 129 Å². The van der Waals surface area contributed by atoms with E-state index in [1.807, 2.05) is 6.92 Å². The topological polar surface area (TPSA) is 49.8 Å². The van der Waals surface area contributed by atoms with Crippen LogP contribution in [0.4, 0.5) is 0 Å². The van der Waals surface area contributed by atoms with E-state index in [4.69, 9.17) is 9.84 Å². The highest BCUT2D eigenvalue weighted by Gasteiger charge is 2.10. The maximum Gasteiger partial charge on any atom is 0.248 e. The van der Waals surface area contributed by atoms with Crippen LogP contribution in [0, 0.1) is 0 Å². The molecule has 4 nitrogen and oxygen atoms in total. The molecule has 0 aliphatic carbocycles. The molecule has 0 unspecified atom stereocenters. The Morgan fingerprint density at radius 3 is 3.00 bits per heavy atom. The molecule has 2 aromatic rings. The first kappa shape index (κ1) is 15.9. The monoisotopic (exact) mass is 307 g/mol. The van der Waals surface area contributed by atoms with Crippen molar-refractivity contribution in [1.82, 2.24) is 4.90 Å². The molecule has 0 radical (unpaired) electrons. The first-order valence-corrected chi connectivity index (χ1v) is 8.05. The van der Waals surface area contributed by atoms with E-state index in [-0.39, 0.29) is 19.1 Å². The molecular weight excluding hydrogens is 286 g/mol. The minimum atomic E-state index is -0.0696. The van der Waals surface area contributed by atoms with Gasteiger partial charge in [-0.15, -0.1) is 11.3 Å². The standard InChI is InChI=1S/C16H21NO3S/c1-2-17(7-8-18)16(19)12-20-9-5-13-3-4-15-14(11-13)6-10-21-15/h3-4,6,10-11,18H,2,5,7-9,12H2,1H3. The first-order valence-electron chi connectivity index (χ1n) is 7.17. The highest BCUT2D eigenvalue weighted by atomic mass is 32.1. The molecule has 0 spiro atoms. The number of likely N-dealkylation sites (N-methyl/N-ethyl adjacent to an activating group) is 1. The number of rotatable bonds is 8. The highest BCUT2D eigenvalue weighted by Crippen LogP contribution is 2.21. The summed E-state index contributed by atoms with van der Waals surface area (Å²) < 4.78 is 6.74. The summed E-state index contributed by atoms with van der Waals surface area (Å²) in [5.74, 6) is -0.0696. The molecule has 5 heteroatoms. The highest BCUT2D eigenvalue weighted by molar-refractivity contribution is 7.17. The van der Waals surface area contributed by atoms with Crippen molar-refractivity contribution in [3.63, 3.8) is 0 Å². The van der Waals surface area contributed by atoms with Crippen LogP contribution in [-0.4, -0.2) is 48.8 Å². The Bertz CT molecular complexity index is 582. The molecule has 0 saturated heterocycles. The van der Waals surface area contributed by atoms with Gasteiger partial charge in [0.15, 0.2) is 0 Å². The molecular formula is C16H21NO3S. The van der Waals surface area contributed by atoms with Gasteiger partial charge in [0.1, 0.15) is 6.61 Å². The van der Waals surface area contributed by atoms with Gasteiger partial charge in [0.2, 0.25) is 5.91 Å². The lowest BCUT2D eigenvalue weighted by Crippen LogP contribution is -2.36. The number of thiophene rings is 1. The zero-order chi connectivity index (χ0) is 15.1. The molecule has 1 N–H and O–H groups in total. The van der Waals surface area contributed by atoms with Gasteiger partial charge in [-0.2, -0.15) is 0 Å². The second-order valence-electron chi connectivity index (χ2n) is 4.79. The molecule has 21 heavy (non-hydrogen) atoms. The maximum absolute atomic E-state index is 11.8. The number of amides is 1. The van der Waals surface area contributed by atoms with Gasteiger partial charge in [0.25, 0.3) is 0 Å². The van der Waals surface area contributed by atoms with E-state index in [1.165, 1.54) is 15.6 Å². The fourth-order valence-corrected chi connectivity index (χ4v) is 2.96. The van der Waals surface area contributed by atoms with Gasteiger partial charge in [-0.1, -0.05) is 12.1 Å². The Hall–Kier alpha value is -1.43. The summed E-state index contributed by atoms with van der Waals surface area (Å²) in [6.07, 6.45) is 0.797. The van der Waals surface area contributed by atoms with Gasteiger partial charge in [-0.05, 0) is 41.8 Å². The van der Waals surface area contributed by atoms with Crippen LogP contribution in [0.5, 0.6) is 0 Å². The number of carbonyl (C=O) groups excluding carboxylic acids is 1. The number of hydrogen-bond donors (Lipinski definition) is 1. The van der Waals surface area contributed by atoms with Crippen LogP contribution in [0.2, 0.25) is 0 Å². The zero-order valence-electron chi connectivity index (χ0n) is 12.2. The number of nitrogens with zero attached hydrogens (tertiary/aromatic N) is 1. The van der Waals surface area contributed by atoms with Gasteiger partial charge < -0.3 is 14.7 Å². The Morgan fingerprint density at radius 2 is 2.24 bits per heavy atom. The minimum Gasteiger partial charge on any atom is -0.395 e. The molecule has 1 amide bonds. The predicted octanol–water partition coefficient (Wildman–Crippen LogP) is 2.30. The third kappa shape index (κ3) is 4.52. The number of hydrogen-bond acceptors (Lipinski definition) is 4. The fourth-order valence-electron chi connectivity index (χ4n) is 2.19. The molecule has 114 valence electrons. The molecule has 0 saturated carbocycles. The molecule has 0 aliphatic heterocycles. The average molecular weight is 307 g/mol. The zero-order valence-corrected chi connectivity index (χ0v) is 13.1. The van der Waals surface area contributed by atoms with Gasteiger partial charge in [-0.3, -0.25) is 4.79 Å². The number of fused-ring (bicyclic) bond motifs is 1. The largest absolute Gasteiger partial charge is 0.395 e. The summed E-state index contributed by atoms with van der Waals surface area (Å²) in [6, 6.07) is 8.51. The van der Waals surface area contributed by atoms with Gasteiger partial charge in [-0.25, -0.2) is 0 Å². The molecule has 1 aromatic carbocycles. The van der Waals surface area contributed by atoms with Crippen LogP contribution >= 0.6 is 11.3 Å². The minimum absolute atomic E-state index is 0.0137. The van der Waals surface area contributed by atoms with E-state index >= 15 is 0 Å². The van der Waals surface area contributed by atoms with E-state index in [0.717, 1.165) is 6.42 Å². The van der Waals surface area contributed by atoms with Crippen molar-refractivity contribution in [1.29, 1.82) is 0 Å². The number of aliphatic hydroxyl groups is 1. The van der Waals surface area contributed by atoms with E-state index in [9.17, 15) is 4.79 Å². The van der Waals surface area contributed by atoms with Gasteiger partial charge in [0.05, 0.1) is 13.2 Å². The van der Waals surface area contributed by atoms with E-state index in [1.54, 1.807) is 16.2 Å². The summed E-state index contributed by atoms with van der Waals surface area (Å²) in [5.41, 5.74) is 1.22. The molecule has 0 aliphatic rings. The summed E-state index contributed by atoms with van der Waals surface area (Å²) in [7, 11) is 0. The molecule has 0 bridgehead atoms. The quantitative estimate of drug-likeness (QED) is 0.761. The van der Waals surface area contributed by atoms with E-state index < -0.39 is 0 Å². The number of ether oxygens (including phenoxy) is 1. The lowest BCUT2D eigenvalue weighted by atomic mass is 10.1.